The minimum atomic E-state index is -0.196. The number of carbonyl (C=O) groups excluding carboxylic acids is 1. The molecule has 1 N–H and O–H groups in total. The Morgan fingerprint density at radius 2 is 1.84 bits per heavy atom. The molecule has 1 aromatic heterocycles. The number of carbonyl (C=O) groups is 1. The molecule has 156 valence electrons. The van der Waals surface area contributed by atoms with Crippen molar-refractivity contribution in [2.24, 2.45) is 0 Å². The van der Waals surface area contributed by atoms with Crippen LogP contribution < -0.4 is 10.1 Å². The van der Waals surface area contributed by atoms with Crippen molar-refractivity contribution in [3.8, 4) is 16.9 Å². The van der Waals surface area contributed by atoms with Crippen molar-refractivity contribution in [1.82, 2.24) is 0 Å². The van der Waals surface area contributed by atoms with Gasteiger partial charge < -0.3 is 14.5 Å². The molecule has 4 aromatic rings. The summed E-state index contributed by atoms with van der Waals surface area (Å²) in [6.45, 7) is 4.36. The van der Waals surface area contributed by atoms with Crippen LogP contribution >= 0.6 is 15.9 Å². The lowest BCUT2D eigenvalue weighted by Crippen LogP contribution is -2.08. The first kappa shape index (κ1) is 20.9. The van der Waals surface area contributed by atoms with Crippen molar-refractivity contribution >= 4 is 44.1 Å². The van der Waals surface area contributed by atoms with E-state index >= 15 is 0 Å². The number of benzene rings is 3. The molecule has 3 aromatic carbocycles. The number of halogens is 1. The summed E-state index contributed by atoms with van der Waals surface area (Å²) < 4.78 is 12.6. The molecule has 0 saturated heterocycles. The van der Waals surface area contributed by atoms with Gasteiger partial charge in [0, 0.05) is 38.8 Å². The molecule has 0 spiro atoms. The monoisotopic (exact) mass is 475 g/mol. The van der Waals surface area contributed by atoms with E-state index in [0.717, 1.165) is 43.4 Å². The van der Waals surface area contributed by atoms with Gasteiger partial charge in [-0.25, -0.2) is 0 Å². The van der Waals surface area contributed by atoms with Crippen molar-refractivity contribution in [3.05, 3.63) is 89.1 Å². The van der Waals surface area contributed by atoms with Crippen LogP contribution in [0.1, 0.15) is 19.4 Å². The lowest BCUT2D eigenvalue weighted by atomic mass is 9.99. The third kappa shape index (κ3) is 4.72. The van der Waals surface area contributed by atoms with Gasteiger partial charge in [0.1, 0.15) is 11.3 Å². The zero-order valence-corrected chi connectivity index (χ0v) is 18.9. The minimum Gasteiger partial charge on any atom is -0.493 e. The predicted molar refractivity (Wildman–Crippen MR) is 129 cm³/mol. The van der Waals surface area contributed by atoms with Gasteiger partial charge in [-0.2, -0.15) is 0 Å². The first-order chi connectivity index (χ1) is 15.0. The molecule has 0 fully saturated rings. The van der Waals surface area contributed by atoms with Crippen LogP contribution in [0.4, 0.5) is 5.69 Å². The van der Waals surface area contributed by atoms with Gasteiger partial charge in [0.05, 0.1) is 12.9 Å². The molecule has 4 nitrogen and oxygen atoms in total. The zero-order valence-electron chi connectivity index (χ0n) is 17.3. The molecule has 31 heavy (non-hydrogen) atoms. The van der Waals surface area contributed by atoms with E-state index in [1.165, 1.54) is 0 Å². The molecule has 0 aliphatic heterocycles. The Bertz CT molecular complexity index is 1240. The van der Waals surface area contributed by atoms with Crippen molar-refractivity contribution < 1.29 is 13.9 Å². The maximum atomic E-state index is 12.6. The second-order valence-electron chi connectivity index (χ2n) is 7.12. The van der Waals surface area contributed by atoms with Gasteiger partial charge in [0.2, 0.25) is 5.91 Å². The van der Waals surface area contributed by atoms with Crippen LogP contribution in [0.3, 0.4) is 0 Å². The van der Waals surface area contributed by atoms with Crippen LogP contribution in [0.5, 0.6) is 5.75 Å². The SMILES string of the molecule is CCOc1cc2occ(-c3ccccc3)c2cc1/C(C)=C/C(=O)Nc1ccc(Br)cc1. The number of rotatable bonds is 6. The van der Waals surface area contributed by atoms with Gasteiger partial charge in [0.15, 0.2) is 0 Å². The molecule has 0 unspecified atom stereocenters. The third-order valence-corrected chi connectivity index (χ3v) is 5.47. The number of hydrogen-bond acceptors (Lipinski definition) is 3. The lowest BCUT2D eigenvalue weighted by Gasteiger charge is -2.12. The summed E-state index contributed by atoms with van der Waals surface area (Å²) in [6.07, 6.45) is 3.35. The van der Waals surface area contributed by atoms with Gasteiger partial charge in [-0.05, 0) is 55.3 Å². The molecule has 0 radical (unpaired) electrons. The second-order valence-corrected chi connectivity index (χ2v) is 8.03. The van der Waals surface area contributed by atoms with E-state index in [1.807, 2.05) is 68.4 Å². The van der Waals surface area contributed by atoms with E-state index < -0.39 is 0 Å². The summed E-state index contributed by atoms with van der Waals surface area (Å²) in [4.78, 5) is 12.6. The highest BCUT2D eigenvalue weighted by Gasteiger charge is 2.15. The molecular formula is C26H22BrNO3. The molecule has 5 heteroatoms. The first-order valence-corrected chi connectivity index (χ1v) is 10.8. The number of nitrogens with one attached hydrogen (secondary N) is 1. The zero-order chi connectivity index (χ0) is 21.8. The highest BCUT2D eigenvalue weighted by molar-refractivity contribution is 9.10. The van der Waals surface area contributed by atoms with Crippen LogP contribution in [0.15, 0.2) is 88.0 Å². The van der Waals surface area contributed by atoms with E-state index in [-0.39, 0.29) is 5.91 Å². The largest absolute Gasteiger partial charge is 0.493 e. The quantitative estimate of drug-likeness (QED) is 0.297. The second kappa shape index (κ2) is 9.23. The molecule has 0 bridgehead atoms. The Hall–Kier alpha value is -3.31. The van der Waals surface area contributed by atoms with Gasteiger partial charge in [0.25, 0.3) is 0 Å². The fraction of sp³-hybridized carbons (Fsp3) is 0.115. The van der Waals surface area contributed by atoms with Crippen LogP contribution in [0.25, 0.3) is 27.7 Å². The summed E-state index contributed by atoms with van der Waals surface area (Å²) in [7, 11) is 0. The Morgan fingerprint density at radius 3 is 2.55 bits per heavy atom. The van der Waals surface area contributed by atoms with Crippen molar-refractivity contribution in [2.75, 3.05) is 11.9 Å². The molecule has 0 atom stereocenters. The Balaban J connectivity index is 1.71. The highest BCUT2D eigenvalue weighted by atomic mass is 79.9. The number of furan rings is 1. The van der Waals surface area contributed by atoms with Crippen LogP contribution in [-0.4, -0.2) is 12.5 Å². The van der Waals surface area contributed by atoms with Crippen LogP contribution in [-0.2, 0) is 4.79 Å². The van der Waals surface area contributed by atoms with E-state index in [2.05, 4.69) is 33.4 Å². The maximum Gasteiger partial charge on any atom is 0.248 e. The minimum absolute atomic E-state index is 0.196. The number of fused-ring (bicyclic) bond motifs is 1. The average Bonchev–Trinajstić information content (AvgIpc) is 3.18. The number of ether oxygens (including phenoxy) is 1. The number of hydrogen-bond donors (Lipinski definition) is 1. The molecule has 1 heterocycles. The fourth-order valence-corrected chi connectivity index (χ4v) is 3.73. The summed E-state index contributed by atoms with van der Waals surface area (Å²) in [5, 5.41) is 3.87. The van der Waals surface area contributed by atoms with Crippen LogP contribution in [0.2, 0.25) is 0 Å². The first-order valence-electron chi connectivity index (χ1n) is 10.0. The van der Waals surface area contributed by atoms with Crippen molar-refractivity contribution in [1.29, 1.82) is 0 Å². The Labute approximate surface area is 189 Å². The predicted octanol–water partition coefficient (Wildman–Crippen LogP) is 7.30. The van der Waals surface area contributed by atoms with E-state index in [9.17, 15) is 4.79 Å². The number of amides is 1. The molecule has 1 amide bonds. The molecule has 0 saturated carbocycles. The third-order valence-electron chi connectivity index (χ3n) is 4.94. The molecular weight excluding hydrogens is 454 g/mol. The fourth-order valence-electron chi connectivity index (χ4n) is 3.47. The molecule has 4 rings (SSSR count). The van der Waals surface area contributed by atoms with Gasteiger partial charge >= 0.3 is 0 Å². The number of anilines is 1. The van der Waals surface area contributed by atoms with Gasteiger partial charge in [-0.15, -0.1) is 0 Å². The van der Waals surface area contributed by atoms with Gasteiger partial charge in [-0.1, -0.05) is 46.3 Å². The number of allylic oxidation sites excluding steroid dienone is 1. The lowest BCUT2D eigenvalue weighted by molar-refractivity contribution is -0.111. The standard InChI is InChI=1S/C26H22BrNO3/c1-3-30-24-15-25-22(23(16-31-25)18-7-5-4-6-8-18)14-21(24)17(2)13-26(29)28-20-11-9-19(27)10-12-20/h4-16H,3H2,1-2H3,(H,28,29)/b17-13+. The summed E-state index contributed by atoms with van der Waals surface area (Å²) in [5.41, 5.74) is 5.23. The summed E-state index contributed by atoms with van der Waals surface area (Å²) in [6, 6.07) is 21.5. The van der Waals surface area contributed by atoms with Crippen molar-refractivity contribution in [3.63, 3.8) is 0 Å². The highest BCUT2D eigenvalue weighted by Crippen LogP contribution is 2.37. The topological polar surface area (TPSA) is 51.5 Å². The van der Waals surface area contributed by atoms with Crippen molar-refractivity contribution in [2.45, 2.75) is 13.8 Å². The van der Waals surface area contributed by atoms with E-state index in [1.54, 1.807) is 12.3 Å². The van der Waals surface area contributed by atoms with Gasteiger partial charge in [-0.3, -0.25) is 4.79 Å². The smallest absolute Gasteiger partial charge is 0.248 e. The average molecular weight is 476 g/mol. The summed E-state index contributed by atoms with van der Waals surface area (Å²) >= 11 is 3.40. The van der Waals surface area contributed by atoms with Crippen LogP contribution in [0, 0.1) is 0 Å². The summed E-state index contributed by atoms with van der Waals surface area (Å²) in [5.74, 6) is 0.493. The molecule has 0 aliphatic rings. The van der Waals surface area contributed by atoms with E-state index in [0.29, 0.717) is 12.4 Å². The Morgan fingerprint density at radius 1 is 1.10 bits per heavy atom. The molecule has 0 aliphatic carbocycles. The maximum absolute atomic E-state index is 12.6. The Kier molecular flexibility index (Phi) is 6.23. The van der Waals surface area contributed by atoms with E-state index in [4.69, 9.17) is 9.15 Å². The normalized spacial score (nSPS) is 11.5.